The van der Waals surface area contributed by atoms with Crippen molar-refractivity contribution >= 4 is 23.4 Å². The molecule has 0 bridgehead atoms. The Morgan fingerprint density at radius 2 is 2.12 bits per heavy atom. The highest BCUT2D eigenvalue weighted by Gasteiger charge is 2.24. The van der Waals surface area contributed by atoms with Gasteiger partial charge in [0.2, 0.25) is 5.91 Å². The molecule has 140 valence electrons. The minimum absolute atomic E-state index is 0.00893. The largest absolute Gasteiger partial charge is 0.311 e. The van der Waals surface area contributed by atoms with Crippen LogP contribution in [0.15, 0.2) is 23.1 Å². The number of halogens is 1. The third-order valence-electron chi connectivity index (χ3n) is 4.69. The molecule has 0 N–H and O–H groups in total. The van der Waals surface area contributed by atoms with Crippen LogP contribution in [-0.2, 0) is 17.8 Å². The standard InChI is InChI=1S/C20H26FN3OS/c1-13(2)12-24-15(4)17(14(3)22-24)11-20(25)23-8-5-9-26-19-7-6-16(21)10-18(19)23/h6-7,10,13H,5,8-9,11-12H2,1-4H3. The Balaban J connectivity index is 1.87. The minimum atomic E-state index is -0.304. The van der Waals surface area contributed by atoms with Gasteiger partial charge < -0.3 is 4.90 Å². The molecule has 1 aromatic heterocycles. The number of thioether (sulfide) groups is 1. The molecule has 1 aliphatic rings. The second-order valence-corrected chi connectivity index (χ2v) is 8.40. The van der Waals surface area contributed by atoms with E-state index in [1.807, 2.05) is 18.5 Å². The third kappa shape index (κ3) is 3.95. The molecule has 0 aliphatic carbocycles. The second-order valence-electron chi connectivity index (χ2n) is 7.26. The van der Waals surface area contributed by atoms with Gasteiger partial charge in [-0.3, -0.25) is 9.48 Å². The Morgan fingerprint density at radius 1 is 1.35 bits per heavy atom. The van der Waals surface area contributed by atoms with E-state index in [0.717, 1.165) is 40.6 Å². The minimum Gasteiger partial charge on any atom is -0.311 e. The molecule has 0 unspecified atom stereocenters. The highest BCUT2D eigenvalue weighted by Crippen LogP contribution is 2.35. The first-order valence-corrected chi connectivity index (χ1v) is 10.1. The fourth-order valence-corrected chi connectivity index (χ4v) is 4.34. The van der Waals surface area contributed by atoms with Crippen molar-refractivity contribution in [3.63, 3.8) is 0 Å². The summed E-state index contributed by atoms with van der Waals surface area (Å²) in [6, 6.07) is 4.72. The predicted molar refractivity (Wildman–Crippen MR) is 104 cm³/mol. The molecule has 2 heterocycles. The maximum atomic E-state index is 13.8. The normalized spacial score (nSPS) is 14.5. The maximum absolute atomic E-state index is 13.8. The topological polar surface area (TPSA) is 38.1 Å². The number of fused-ring (bicyclic) bond motifs is 1. The molecule has 0 atom stereocenters. The van der Waals surface area contributed by atoms with E-state index < -0.39 is 0 Å². The van der Waals surface area contributed by atoms with Gasteiger partial charge in [-0.15, -0.1) is 11.8 Å². The lowest BCUT2D eigenvalue weighted by molar-refractivity contribution is -0.118. The van der Waals surface area contributed by atoms with Crippen LogP contribution in [0, 0.1) is 25.6 Å². The van der Waals surface area contributed by atoms with Crippen LogP contribution >= 0.6 is 11.8 Å². The highest BCUT2D eigenvalue weighted by atomic mass is 32.2. The van der Waals surface area contributed by atoms with Gasteiger partial charge >= 0.3 is 0 Å². The molecule has 0 spiro atoms. The van der Waals surface area contributed by atoms with Gasteiger partial charge in [-0.25, -0.2) is 4.39 Å². The molecule has 1 aliphatic heterocycles. The van der Waals surface area contributed by atoms with E-state index in [4.69, 9.17) is 0 Å². The van der Waals surface area contributed by atoms with Crippen molar-refractivity contribution in [2.75, 3.05) is 17.2 Å². The summed E-state index contributed by atoms with van der Waals surface area (Å²) in [5.41, 5.74) is 3.64. The number of carbonyl (C=O) groups excluding carboxylic acids is 1. The van der Waals surface area contributed by atoms with E-state index >= 15 is 0 Å². The van der Waals surface area contributed by atoms with Crippen LogP contribution in [0.25, 0.3) is 0 Å². The van der Waals surface area contributed by atoms with E-state index in [-0.39, 0.29) is 11.7 Å². The quantitative estimate of drug-likeness (QED) is 0.797. The summed E-state index contributed by atoms with van der Waals surface area (Å²) in [5.74, 6) is 1.14. The molecular formula is C20H26FN3OS. The number of aryl methyl sites for hydroxylation is 1. The number of hydrogen-bond donors (Lipinski definition) is 0. The first-order valence-electron chi connectivity index (χ1n) is 9.12. The van der Waals surface area contributed by atoms with Gasteiger partial charge in [0.25, 0.3) is 0 Å². The molecule has 4 nitrogen and oxygen atoms in total. The van der Waals surface area contributed by atoms with Crippen molar-refractivity contribution in [1.82, 2.24) is 9.78 Å². The molecule has 0 saturated carbocycles. The Kier molecular flexibility index (Phi) is 5.70. The van der Waals surface area contributed by atoms with Crippen molar-refractivity contribution in [2.45, 2.75) is 52.0 Å². The second kappa shape index (κ2) is 7.82. The number of benzene rings is 1. The van der Waals surface area contributed by atoms with E-state index in [0.29, 0.717) is 24.6 Å². The summed E-state index contributed by atoms with van der Waals surface area (Å²) in [4.78, 5) is 15.8. The SMILES string of the molecule is Cc1nn(CC(C)C)c(C)c1CC(=O)N1CCCSc2ccc(F)cc21. The van der Waals surface area contributed by atoms with Crippen LogP contribution < -0.4 is 4.90 Å². The first-order chi connectivity index (χ1) is 12.4. The summed E-state index contributed by atoms with van der Waals surface area (Å²) in [6.45, 7) is 9.76. The Morgan fingerprint density at radius 3 is 2.85 bits per heavy atom. The highest BCUT2D eigenvalue weighted by molar-refractivity contribution is 7.99. The molecule has 0 saturated heterocycles. The number of anilines is 1. The first kappa shape index (κ1) is 19.0. The lowest BCUT2D eigenvalue weighted by Crippen LogP contribution is -2.33. The number of nitrogens with zero attached hydrogens (tertiary/aromatic N) is 3. The lowest BCUT2D eigenvalue weighted by Gasteiger charge is -2.23. The van der Waals surface area contributed by atoms with Crippen molar-refractivity contribution < 1.29 is 9.18 Å². The molecule has 3 rings (SSSR count). The van der Waals surface area contributed by atoms with Crippen LogP contribution in [0.1, 0.15) is 37.2 Å². The van der Waals surface area contributed by atoms with Crippen LogP contribution in [0.3, 0.4) is 0 Å². The summed E-state index contributed by atoms with van der Waals surface area (Å²) >= 11 is 1.69. The molecular weight excluding hydrogens is 349 g/mol. The molecule has 2 aromatic rings. The fourth-order valence-electron chi connectivity index (χ4n) is 3.37. The van der Waals surface area contributed by atoms with Crippen molar-refractivity contribution in [2.24, 2.45) is 5.92 Å². The summed E-state index contributed by atoms with van der Waals surface area (Å²) in [5, 5.41) is 4.61. The number of carbonyl (C=O) groups is 1. The number of hydrogen-bond acceptors (Lipinski definition) is 3. The molecule has 1 aromatic carbocycles. The zero-order valence-electron chi connectivity index (χ0n) is 15.9. The van der Waals surface area contributed by atoms with Gasteiger partial charge in [-0.2, -0.15) is 5.10 Å². The molecule has 0 fully saturated rings. The monoisotopic (exact) mass is 375 g/mol. The van der Waals surface area contributed by atoms with Crippen molar-refractivity contribution in [1.29, 1.82) is 0 Å². The molecule has 1 amide bonds. The van der Waals surface area contributed by atoms with E-state index in [2.05, 4.69) is 18.9 Å². The predicted octanol–water partition coefficient (Wildman–Crippen LogP) is 4.37. The Hall–Kier alpha value is -1.82. The van der Waals surface area contributed by atoms with Gasteiger partial charge in [0.1, 0.15) is 5.82 Å². The van der Waals surface area contributed by atoms with Crippen LogP contribution in [0.4, 0.5) is 10.1 Å². The average Bonchev–Trinajstić information content (AvgIpc) is 2.76. The molecule has 26 heavy (non-hydrogen) atoms. The zero-order chi connectivity index (χ0) is 18.8. The van der Waals surface area contributed by atoms with Gasteiger partial charge in [0, 0.05) is 29.2 Å². The third-order valence-corrected chi connectivity index (χ3v) is 5.84. The lowest BCUT2D eigenvalue weighted by atomic mass is 10.1. The van der Waals surface area contributed by atoms with Crippen molar-refractivity contribution in [3.8, 4) is 0 Å². The van der Waals surface area contributed by atoms with Gasteiger partial charge in [-0.05, 0) is 50.1 Å². The smallest absolute Gasteiger partial charge is 0.231 e. The molecule has 0 radical (unpaired) electrons. The van der Waals surface area contributed by atoms with Gasteiger partial charge in [-0.1, -0.05) is 13.8 Å². The number of rotatable bonds is 4. The van der Waals surface area contributed by atoms with Crippen LogP contribution in [0.2, 0.25) is 0 Å². The van der Waals surface area contributed by atoms with Gasteiger partial charge in [0.15, 0.2) is 0 Å². The van der Waals surface area contributed by atoms with E-state index in [1.165, 1.54) is 12.1 Å². The average molecular weight is 376 g/mol. The fraction of sp³-hybridized carbons (Fsp3) is 0.500. The van der Waals surface area contributed by atoms with Crippen LogP contribution in [-0.4, -0.2) is 28.0 Å². The van der Waals surface area contributed by atoms with E-state index in [9.17, 15) is 9.18 Å². The van der Waals surface area contributed by atoms with E-state index in [1.54, 1.807) is 22.7 Å². The molecule has 6 heteroatoms. The van der Waals surface area contributed by atoms with Crippen LogP contribution in [0.5, 0.6) is 0 Å². The number of amides is 1. The summed E-state index contributed by atoms with van der Waals surface area (Å²) in [7, 11) is 0. The number of aromatic nitrogens is 2. The van der Waals surface area contributed by atoms with Gasteiger partial charge in [0.05, 0.1) is 17.8 Å². The zero-order valence-corrected chi connectivity index (χ0v) is 16.7. The summed E-state index contributed by atoms with van der Waals surface area (Å²) < 4.78 is 15.8. The Labute approximate surface area is 158 Å². The maximum Gasteiger partial charge on any atom is 0.231 e. The van der Waals surface area contributed by atoms with Crippen molar-refractivity contribution in [3.05, 3.63) is 41.0 Å². The Bertz CT molecular complexity index is 816. The summed E-state index contributed by atoms with van der Waals surface area (Å²) in [6.07, 6.45) is 1.20.